The van der Waals surface area contributed by atoms with E-state index in [2.05, 4.69) is 11.6 Å². The van der Waals surface area contributed by atoms with Gasteiger partial charge >= 0.3 is 0 Å². The molecule has 0 heterocycles. The Bertz CT molecular complexity index is 407. The highest BCUT2D eigenvalue weighted by Crippen LogP contribution is 2.28. The van der Waals surface area contributed by atoms with Gasteiger partial charge < -0.3 is 9.46 Å². The van der Waals surface area contributed by atoms with E-state index in [1.807, 2.05) is 24.5 Å². The van der Waals surface area contributed by atoms with Crippen LogP contribution in [0.2, 0.25) is 0 Å². The van der Waals surface area contributed by atoms with Crippen molar-refractivity contribution in [2.45, 2.75) is 39.0 Å². The summed E-state index contributed by atoms with van der Waals surface area (Å²) in [5.41, 5.74) is 1.61. The first-order chi connectivity index (χ1) is 9.22. The number of benzene rings is 1. The first-order valence-corrected chi connectivity index (χ1v) is 7.95. The van der Waals surface area contributed by atoms with Crippen LogP contribution in [-0.4, -0.2) is 19.1 Å². The standard InChI is InChI=1S/C15H23NO2S/c1-4-5-6-7-8-14(17)12-9-10-15(18-2)13(11-12)16-19-3/h9-11,16H,4-8H2,1-3H3. The van der Waals surface area contributed by atoms with Crippen molar-refractivity contribution in [1.29, 1.82) is 0 Å². The number of hydrogen-bond acceptors (Lipinski definition) is 4. The van der Waals surface area contributed by atoms with E-state index < -0.39 is 0 Å². The van der Waals surface area contributed by atoms with Crippen LogP contribution < -0.4 is 9.46 Å². The molecular formula is C15H23NO2S. The smallest absolute Gasteiger partial charge is 0.162 e. The topological polar surface area (TPSA) is 38.3 Å². The van der Waals surface area contributed by atoms with Gasteiger partial charge in [-0.25, -0.2) is 0 Å². The van der Waals surface area contributed by atoms with Gasteiger partial charge in [-0.3, -0.25) is 4.79 Å². The van der Waals surface area contributed by atoms with Crippen molar-refractivity contribution in [1.82, 2.24) is 0 Å². The number of ether oxygens (including phenoxy) is 1. The van der Waals surface area contributed by atoms with Gasteiger partial charge in [-0.15, -0.1) is 0 Å². The van der Waals surface area contributed by atoms with E-state index in [4.69, 9.17) is 4.74 Å². The van der Waals surface area contributed by atoms with Gasteiger partial charge in [0.25, 0.3) is 0 Å². The van der Waals surface area contributed by atoms with Crippen molar-refractivity contribution in [3.63, 3.8) is 0 Å². The number of anilines is 1. The third-order valence-electron chi connectivity index (χ3n) is 2.99. The van der Waals surface area contributed by atoms with Crippen molar-refractivity contribution in [2.24, 2.45) is 0 Å². The minimum Gasteiger partial charge on any atom is -0.495 e. The summed E-state index contributed by atoms with van der Waals surface area (Å²) in [6.07, 6.45) is 7.08. The Morgan fingerprint density at radius 3 is 2.74 bits per heavy atom. The second-order valence-electron chi connectivity index (χ2n) is 4.46. The lowest BCUT2D eigenvalue weighted by Crippen LogP contribution is -2.01. The van der Waals surface area contributed by atoms with E-state index in [-0.39, 0.29) is 5.78 Å². The van der Waals surface area contributed by atoms with E-state index in [9.17, 15) is 4.79 Å². The van der Waals surface area contributed by atoms with Gasteiger partial charge in [-0.05, 0) is 24.6 Å². The summed E-state index contributed by atoms with van der Waals surface area (Å²) in [5.74, 6) is 0.972. The van der Waals surface area contributed by atoms with Crippen LogP contribution in [-0.2, 0) is 0 Å². The Hall–Kier alpha value is -1.16. The molecule has 106 valence electrons. The average molecular weight is 281 g/mol. The number of unbranched alkanes of at least 4 members (excludes halogenated alkanes) is 3. The van der Waals surface area contributed by atoms with Gasteiger partial charge in [0.1, 0.15) is 5.75 Å². The molecule has 4 heteroatoms. The molecule has 0 atom stereocenters. The fraction of sp³-hybridized carbons (Fsp3) is 0.533. The Kier molecular flexibility index (Phi) is 7.41. The first-order valence-electron chi connectivity index (χ1n) is 6.73. The van der Waals surface area contributed by atoms with Crippen LogP contribution in [0.25, 0.3) is 0 Å². The summed E-state index contributed by atoms with van der Waals surface area (Å²) < 4.78 is 8.40. The zero-order valence-corrected chi connectivity index (χ0v) is 12.8. The van der Waals surface area contributed by atoms with E-state index in [0.717, 1.165) is 29.8 Å². The van der Waals surface area contributed by atoms with Crippen molar-refractivity contribution >= 4 is 23.4 Å². The molecule has 0 aromatic heterocycles. The average Bonchev–Trinajstić information content (AvgIpc) is 2.43. The van der Waals surface area contributed by atoms with Crippen LogP contribution in [0.3, 0.4) is 0 Å². The largest absolute Gasteiger partial charge is 0.495 e. The summed E-state index contributed by atoms with van der Waals surface area (Å²) in [6.45, 7) is 2.17. The number of carbonyl (C=O) groups is 1. The second-order valence-corrected chi connectivity index (χ2v) is 5.07. The number of nitrogens with one attached hydrogen (secondary N) is 1. The molecule has 0 aliphatic rings. The Morgan fingerprint density at radius 2 is 2.11 bits per heavy atom. The number of ketones is 1. The van der Waals surface area contributed by atoms with E-state index in [1.54, 1.807) is 7.11 Å². The summed E-state index contributed by atoms with van der Waals surface area (Å²) in [6, 6.07) is 5.56. The monoisotopic (exact) mass is 281 g/mol. The van der Waals surface area contributed by atoms with Crippen molar-refractivity contribution in [3.8, 4) is 5.75 Å². The molecule has 1 aromatic rings. The Balaban J connectivity index is 2.66. The number of methoxy groups -OCH3 is 1. The predicted molar refractivity (Wildman–Crippen MR) is 83.2 cm³/mol. The van der Waals surface area contributed by atoms with E-state index in [1.165, 1.54) is 24.8 Å². The summed E-state index contributed by atoms with van der Waals surface area (Å²) in [5, 5.41) is 0. The zero-order valence-electron chi connectivity index (χ0n) is 12.0. The van der Waals surface area contributed by atoms with Crippen LogP contribution in [0.5, 0.6) is 5.75 Å². The molecule has 0 aliphatic carbocycles. The SMILES string of the molecule is CCCCCCC(=O)c1ccc(OC)c(NSC)c1. The Morgan fingerprint density at radius 1 is 1.32 bits per heavy atom. The summed E-state index contributed by atoms with van der Waals surface area (Å²) >= 11 is 1.49. The van der Waals surface area contributed by atoms with Crippen LogP contribution in [0.15, 0.2) is 18.2 Å². The molecule has 1 N–H and O–H groups in total. The highest BCUT2D eigenvalue weighted by molar-refractivity contribution is 7.99. The first kappa shape index (κ1) is 15.9. The molecule has 0 bridgehead atoms. The number of Topliss-reactive ketones (excluding diaryl/α,β-unsaturated/α-hetero) is 1. The minimum atomic E-state index is 0.211. The molecule has 0 amide bonds. The molecule has 0 aliphatic heterocycles. The number of hydrogen-bond donors (Lipinski definition) is 1. The quantitative estimate of drug-likeness (QED) is 0.410. The molecule has 3 nitrogen and oxygen atoms in total. The lowest BCUT2D eigenvalue weighted by atomic mass is 10.0. The van der Waals surface area contributed by atoms with Crippen LogP contribution in [0.1, 0.15) is 49.4 Å². The Labute approximate surface area is 120 Å². The van der Waals surface area contributed by atoms with E-state index >= 15 is 0 Å². The predicted octanol–water partition coefficient (Wildman–Crippen LogP) is 4.54. The van der Waals surface area contributed by atoms with Gasteiger partial charge in [-0.2, -0.15) is 0 Å². The highest BCUT2D eigenvalue weighted by atomic mass is 32.2. The number of carbonyl (C=O) groups excluding carboxylic acids is 1. The van der Waals surface area contributed by atoms with Crippen molar-refractivity contribution in [2.75, 3.05) is 18.1 Å². The molecule has 19 heavy (non-hydrogen) atoms. The second kappa shape index (κ2) is 8.86. The fourth-order valence-electron chi connectivity index (χ4n) is 1.93. The van der Waals surface area contributed by atoms with Crippen LogP contribution in [0.4, 0.5) is 5.69 Å². The molecule has 1 rings (SSSR count). The molecule has 1 aromatic carbocycles. The van der Waals surface area contributed by atoms with Gasteiger partial charge in [0, 0.05) is 18.2 Å². The lowest BCUT2D eigenvalue weighted by Gasteiger charge is -2.10. The highest BCUT2D eigenvalue weighted by Gasteiger charge is 2.09. The normalized spacial score (nSPS) is 10.3. The van der Waals surface area contributed by atoms with Crippen LogP contribution in [0, 0.1) is 0 Å². The van der Waals surface area contributed by atoms with Crippen molar-refractivity contribution < 1.29 is 9.53 Å². The molecular weight excluding hydrogens is 258 g/mol. The fourth-order valence-corrected chi connectivity index (χ4v) is 2.31. The van der Waals surface area contributed by atoms with Gasteiger partial charge in [0.2, 0.25) is 0 Å². The lowest BCUT2D eigenvalue weighted by molar-refractivity contribution is 0.0979. The molecule has 0 saturated heterocycles. The summed E-state index contributed by atoms with van der Waals surface area (Å²) in [7, 11) is 1.63. The molecule has 0 radical (unpaired) electrons. The maximum atomic E-state index is 12.1. The third-order valence-corrected chi connectivity index (χ3v) is 3.41. The van der Waals surface area contributed by atoms with Gasteiger partial charge in [0.05, 0.1) is 12.8 Å². The van der Waals surface area contributed by atoms with E-state index in [0.29, 0.717) is 6.42 Å². The third kappa shape index (κ3) is 5.15. The van der Waals surface area contributed by atoms with Crippen molar-refractivity contribution in [3.05, 3.63) is 23.8 Å². The summed E-state index contributed by atoms with van der Waals surface area (Å²) in [4.78, 5) is 12.1. The molecule has 0 fully saturated rings. The van der Waals surface area contributed by atoms with Gasteiger partial charge in [0.15, 0.2) is 5.78 Å². The molecule has 0 unspecified atom stereocenters. The maximum absolute atomic E-state index is 12.1. The van der Waals surface area contributed by atoms with Gasteiger partial charge in [-0.1, -0.05) is 38.1 Å². The molecule has 0 spiro atoms. The molecule has 0 saturated carbocycles. The maximum Gasteiger partial charge on any atom is 0.162 e. The minimum absolute atomic E-state index is 0.211. The zero-order chi connectivity index (χ0) is 14.1. The number of rotatable bonds is 9. The van der Waals surface area contributed by atoms with Crippen LogP contribution >= 0.6 is 11.9 Å².